The van der Waals surface area contributed by atoms with E-state index in [0.717, 1.165) is 22.4 Å². The van der Waals surface area contributed by atoms with Crippen molar-refractivity contribution in [3.63, 3.8) is 0 Å². The predicted molar refractivity (Wildman–Crippen MR) is 115 cm³/mol. The lowest BCUT2D eigenvalue weighted by Crippen LogP contribution is -2.22. The fraction of sp³-hybridized carbons (Fsp3) is 0.174. The van der Waals surface area contributed by atoms with Gasteiger partial charge in [-0.3, -0.25) is 14.3 Å². The third kappa shape index (κ3) is 3.58. The van der Waals surface area contributed by atoms with Crippen LogP contribution in [0.3, 0.4) is 0 Å². The molecule has 140 valence electrons. The molecule has 0 amide bonds. The summed E-state index contributed by atoms with van der Waals surface area (Å²) in [6.45, 7) is 6.19. The van der Waals surface area contributed by atoms with Crippen LogP contribution in [0, 0.1) is 13.8 Å². The molecular formula is C23H21N3OS. The van der Waals surface area contributed by atoms with Gasteiger partial charge in [-0.05, 0) is 67.8 Å². The van der Waals surface area contributed by atoms with Crippen LogP contribution in [-0.4, -0.2) is 14.5 Å². The Morgan fingerprint density at radius 3 is 2.46 bits per heavy atom. The number of rotatable bonds is 4. The van der Waals surface area contributed by atoms with Gasteiger partial charge in [-0.1, -0.05) is 36.0 Å². The molecule has 0 radical (unpaired) electrons. The van der Waals surface area contributed by atoms with E-state index in [1.165, 1.54) is 0 Å². The molecule has 0 aliphatic heterocycles. The van der Waals surface area contributed by atoms with Gasteiger partial charge in [0.05, 0.1) is 16.6 Å². The Bertz CT molecular complexity index is 1180. The molecule has 2 aromatic heterocycles. The summed E-state index contributed by atoms with van der Waals surface area (Å²) >= 11 is 1.57. The monoisotopic (exact) mass is 387 g/mol. The van der Waals surface area contributed by atoms with E-state index in [-0.39, 0.29) is 10.8 Å². The highest BCUT2D eigenvalue weighted by Crippen LogP contribution is 2.34. The van der Waals surface area contributed by atoms with E-state index < -0.39 is 0 Å². The van der Waals surface area contributed by atoms with Gasteiger partial charge >= 0.3 is 0 Å². The molecule has 4 aromatic rings. The minimum Gasteiger partial charge on any atom is -0.268 e. The van der Waals surface area contributed by atoms with Crippen LogP contribution in [0.2, 0.25) is 0 Å². The number of thioether (sulfide) groups is 1. The van der Waals surface area contributed by atoms with E-state index in [1.807, 2.05) is 68.6 Å². The van der Waals surface area contributed by atoms with Crippen LogP contribution in [0.15, 0.2) is 76.9 Å². The Morgan fingerprint density at radius 1 is 1.00 bits per heavy atom. The fourth-order valence-corrected chi connectivity index (χ4v) is 4.38. The lowest BCUT2D eigenvalue weighted by atomic mass is 10.1. The summed E-state index contributed by atoms with van der Waals surface area (Å²) in [6, 6.07) is 17.7. The largest absolute Gasteiger partial charge is 0.268 e. The molecule has 0 saturated carbocycles. The van der Waals surface area contributed by atoms with Crippen molar-refractivity contribution in [2.45, 2.75) is 31.2 Å². The van der Waals surface area contributed by atoms with Crippen LogP contribution >= 0.6 is 11.8 Å². The third-order valence-electron chi connectivity index (χ3n) is 4.65. The number of nitrogens with zero attached hydrogens (tertiary/aromatic N) is 3. The molecule has 5 heteroatoms. The lowest BCUT2D eigenvalue weighted by Gasteiger charge is -2.17. The van der Waals surface area contributed by atoms with Crippen LogP contribution in [0.25, 0.3) is 16.6 Å². The first kappa shape index (κ1) is 18.4. The average molecular weight is 388 g/mol. The number of aromatic nitrogens is 3. The van der Waals surface area contributed by atoms with Crippen molar-refractivity contribution in [1.82, 2.24) is 14.5 Å². The molecule has 4 nitrogen and oxygen atoms in total. The van der Waals surface area contributed by atoms with Gasteiger partial charge in [0.1, 0.15) is 0 Å². The van der Waals surface area contributed by atoms with Gasteiger partial charge in [0, 0.05) is 17.6 Å². The van der Waals surface area contributed by atoms with Crippen LogP contribution < -0.4 is 5.56 Å². The van der Waals surface area contributed by atoms with Crippen molar-refractivity contribution in [1.29, 1.82) is 0 Å². The SMILES string of the molecule is Cc1cc(C)cc(-n2c(S[C@@H](C)c3cccnc3)nc3ccccc3c2=O)c1. The van der Waals surface area contributed by atoms with Crippen LogP contribution in [-0.2, 0) is 0 Å². The topological polar surface area (TPSA) is 47.8 Å². The maximum Gasteiger partial charge on any atom is 0.266 e. The summed E-state index contributed by atoms with van der Waals surface area (Å²) < 4.78 is 1.74. The first-order valence-corrected chi connectivity index (χ1v) is 10.1. The highest BCUT2D eigenvalue weighted by Gasteiger charge is 2.17. The number of hydrogen-bond acceptors (Lipinski definition) is 4. The Kier molecular flexibility index (Phi) is 5.01. The molecule has 0 bridgehead atoms. The van der Waals surface area contributed by atoms with Crippen molar-refractivity contribution in [3.05, 3.63) is 94.0 Å². The smallest absolute Gasteiger partial charge is 0.266 e. The number of fused-ring (bicyclic) bond motifs is 1. The molecule has 2 aromatic carbocycles. The molecule has 2 heterocycles. The molecule has 0 aliphatic carbocycles. The standard InChI is InChI=1S/C23H21N3OS/c1-15-11-16(2)13-19(12-15)26-22(27)20-8-4-5-9-21(20)25-23(26)28-17(3)18-7-6-10-24-14-18/h4-14,17H,1-3H3/t17-/m0/s1. The second-order valence-electron chi connectivity index (χ2n) is 6.94. The number of benzene rings is 2. The van der Waals surface area contributed by atoms with Gasteiger partial charge in [0.15, 0.2) is 5.16 Å². The minimum absolute atomic E-state index is 0.0449. The molecule has 0 unspecified atom stereocenters. The van der Waals surface area contributed by atoms with E-state index in [2.05, 4.69) is 18.0 Å². The molecule has 0 N–H and O–H groups in total. The molecule has 28 heavy (non-hydrogen) atoms. The molecule has 0 saturated heterocycles. The maximum atomic E-state index is 13.4. The Balaban J connectivity index is 1.92. The van der Waals surface area contributed by atoms with Crippen LogP contribution in [0.4, 0.5) is 0 Å². The van der Waals surface area contributed by atoms with Crippen molar-refractivity contribution >= 4 is 22.7 Å². The zero-order chi connectivity index (χ0) is 19.7. The van der Waals surface area contributed by atoms with Gasteiger partial charge in [-0.25, -0.2) is 4.98 Å². The normalized spacial score (nSPS) is 12.2. The fourth-order valence-electron chi connectivity index (χ4n) is 3.34. The van der Waals surface area contributed by atoms with Crippen molar-refractivity contribution in [2.75, 3.05) is 0 Å². The molecule has 0 fully saturated rings. The summed E-state index contributed by atoms with van der Waals surface area (Å²) in [6.07, 6.45) is 3.62. The van der Waals surface area contributed by atoms with Crippen molar-refractivity contribution < 1.29 is 0 Å². The summed E-state index contributed by atoms with van der Waals surface area (Å²) in [5.74, 6) is 0. The Hall–Kier alpha value is -2.92. The third-order valence-corrected chi connectivity index (χ3v) is 5.76. The summed E-state index contributed by atoms with van der Waals surface area (Å²) in [4.78, 5) is 22.4. The second kappa shape index (κ2) is 7.60. The van der Waals surface area contributed by atoms with E-state index in [0.29, 0.717) is 16.1 Å². The predicted octanol–water partition coefficient (Wildman–Crippen LogP) is 5.25. The van der Waals surface area contributed by atoms with Gasteiger partial charge in [-0.15, -0.1) is 0 Å². The van der Waals surface area contributed by atoms with E-state index in [9.17, 15) is 4.79 Å². The van der Waals surface area contributed by atoms with Crippen molar-refractivity contribution in [2.24, 2.45) is 0 Å². The van der Waals surface area contributed by atoms with Crippen LogP contribution in [0.5, 0.6) is 0 Å². The van der Waals surface area contributed by atoms with Gasteiger partial charge in [0.2, 0.25) is 0 Å². The second-order valence-corrected chi connectivity index (χ2v) is 8.25. The van der Waals surface area contributed by atoms with E-state index >= 15 is 0 Å². The van der Waals surface area contributed by atoms with Gasteiger partial charge in [-0.2, -0.15) is 0 Å². The molecule has 4 rings (SSSR count). The quantitative estimate of drug-likeness (QED) is 0.354. The zero-order valence-corrected chi connectivity index (χ0v) is 16.9. The number of hydrogen-bond donors (Lipinski definition) is 0. The van der Waals surface area contributed by atoms with Gasteiger partial charge < -0.3 is 0 Å². The summed E-state index contributed by atoms with van der Waals surface area (Å²) in [5.41, 5.74) is 4.85. The number of aryl methyl sites for hydroxylation is 2. The number of para-hydroxylation sites is 1. The van der Waals surface area contributed by atoms with E-state index in [4.69, 9.17) is 4.98 Å². The Morgan fingerprint density at radius 2 is 1.75 bits per heavy atom. The molecule has 0 spiro atoms. The Labute approximate surface area is 168 Å². The molecule has 0 aliphatic rings. The molecular weight excluding hydrogens is 366 g/mol. The highest BCUT2D eigenvalue weighted by molar-refractivity contribution is 7.99. The summed E-state index contributed by atoms with van der Waals surface area (Å²) in [7, 11) is 0. The first-order valence-electron chi connectivity index (χ1n) is 9.20. The first-order chi connectivity index (χ1) is 13.5. The lowest BCUT2D eigenvalue weighted by molar-refractivity contribution is 0.813. The van der Waals surface area contributed by atoms with Gasteiger partial charge in [0.25, 0.3) is 5.56 Å². The zero-order valence-electron chi connectivity index (χ0n) is 16.1. The number of pyridine rings is 1. The average Bonchev–Trinajstić information content (AvgIpc) is 2.68. The van der Waals surface area contributed by atoms with E-state index in [1.54, 1.807) is 22.5 Å². The minimum atomic E-state index is -0.0449. The molecule has 1 atom stereocenters. The van der Waals surface area contributed by atoms with Crippen LogP contribution in [0.1, 0.15) is 28.9 Å². The maximum absolute atomic E-state index is 13.4. The highest BCUT2D eigenvalue weighted by atomic mass is 32.2. The van der Waals surface area contributed by atoms with Crippen molar-refractivity contribution in [3.8, 4) is 5.69 Å². The summed E-state index contributed by atoms with van der Waals surface area (Å²) in [5, 5.41) is 1.42.